The molecule has 2 N–H and O–H groups in total. The zero-order valence-corrected chi connectivity index (χ0v) is 6.55. The van der Waals surface area contributed by atoms with Gasteiger partial charge in [0.15, 0.2) is 0 Å². The third-order valence-electron chi connectivity index (χ3n) is 3.33. The molecule has 1 nitrogen and oxygen atoms in total. The predicted molar refractivity (Wildman–Crippen MR) is 42.7 cm³/mol. The minimum absolute atomic E-state index is 0.541. The van der Waals surface area contributed by atoms with Crippen molar-refractivity contribution in [2.75, 3.05) is 0 Å². The summed E-state index contributed by atoms with van der Waals surface area (Å²) in [6.07, 6.45) is 8.48. The maximum absolute atomic E-state index is 5.89. The molecule has 0 aromatic heterocycles. The van der Waals surface area contributed by atoms with Crippen LogP contribution in [0.2, 0.25) is 0 Å². The van der Waals surface area contributed by atoms with E-state index in [2.05, 4.69) is 0 Å². The molecule has 0 aromatic carbocycles. The van der Waals surface area contributed by atoms with Gasteiger partial charge in [-0.05, 0) is 31.1 Å². The van der Waals surface area contributed by atoms with Crippen LogP contribution in [0, 0.1) is 11.8 Å². The van der Waals surface area contributed by atoms with Crippen LogP contribution < -0.4 is 5.73 Å². The maximum Gasteiger partial charge on any atom is 0.00416 e. The summed E-state index contributed by atoms with van der Waals surface area (Å²) in [5.74, 6) is 2.09. The van der Waals surface area contributed by atoms with Crippen LogP contribution in [0.25, 0.3) is 0 Å². The van der Waals surface area contributed by atoms with Gasteiger partial charge in [0.1, 0.15) is 0 Å². The molecule has 10 heavy (non-hydrogen) atoms. The molecular formula is C9H17N. The lowest BCUT2D eigenvalue weighted by atomic mass is 9.79. The average Bonchev–Trinajstić information content (AvgIpc) is 2.33. The average molecular weight is 139 g/mol. The van der Waals surface area contributed by atoms with E-state index in [0.29, 0.717) is 6.04 Å². The summed E-state index contributed by atoms with van der Waals surface area (Å²) in [6.45, 7) is 0. The summed E-state index contributed by atoms with van der Waals surface area (Å²) in [6, 6.07) is 0.541. The molecule has 0 saturated heterocycles. The molecule has 0 unspecified atom stereocenters. The molecule has 2 rings (SSSR count). The van der Waals surface area contributed by atoms with Gasteiger partial charge in [0.25, 0.3) is 0 Å². The van der Waals surface area contributed by atoms with Gasteiger partial charge in [0.05, 0.1) is 0 Å². The van der Waals surface area contributed by atoms with Crippen LogP contribution in [0.5, 0.6) is 0 Å². The van der Waals surface area contributed by atoms with E-state index in [0.717, 1.165) is 11.8 Å². The Morgan fingerprint density at radius 2 is 1.70 bits per heavy atom. The molecule has 0 spiro atoms. The first-order chi connectivity index (χ1) is 4.86. The summed E-state index contributed by atoms with van der Waals surface area (Å²) in [5, 5.41) is 0. The van der Waals surface area contributed by atoms with E-state index in [-0.39, 0.29) is 0 Å². The lowest BCUT2D eigenvalue weighted by Gasteiger charge is -2.29. The van der Waals surface area contributed by atoms with Gasteiger partial charge in [0.2, 0.25) is 0 Å². The van der Waals surface area contributed by atoms with Crippen LogP contribution in [0.15, 0.2) is 0 Å². The zero-order chi connectivity index (χ0) is 6.97. The Balaban J connectivity index is 1.96. The molecule has 2 fully saturated rings. The maximum atomic E-state index is 5.89. The van der Waals surface area contributed by atoms with Crippen molar-refractivity contribution in [2.24, 2.45) is 17.6 Å². The molecule has 2 aliphatic carbocycles. The fourth-order valence-electron chi connectivity index (χ4n) is 2.74. The lowest BCUT2D eigenvalue weighted by molar-refractivity contribution is 0.251. The van der Waals surface area contributed by atoms with Crippen molar-refractivity contribution in [2.45, 2.75) is 44.6 Å². The van der Waals surface area contributed by atoms with E-state index in [1.807, 2.05) is 0 Å². The van der Waals surface area contributed by atoms with Gasteiger partial charge < -0.3 is 5.73 Å². The topological polar surface area (TPSA) is 26.0 Å². The SMILES string of the molecule is N[C@H]1CC[C@@H]2CCC[C@@H]2C1. The molecule has 0 radical (unpaired) electrons. The van der Waals surface area contributed by atoms with Crippen LogP contribution in [0.4, 0.5) is 0 Å². The summed E-state index contributed by atoms with van der Waals surface area (Å²) >= 11 is 0. The van der Waals surface area contributed by atoms with Crippen molar-refractivity contribution in [3.8, 4) is 0 Å². The Morgan fingerprint density at radius 1 is 0.900 bits per heavy atom. The molecule has 2 aliphatic rings. The second kappa shape index (κ2) is 2.54. The number of hydrogen-bond acceptors (Lipinski definition) is 1. The normalized spacial score (nSPS) is 47.1. The van der Waals surface area contributed by atoms with Crippen molar-refractivity contribution >= 4 is 0 Å². The molecule has 0 amide bonds. The van der Waals surface area contributed by atoms with Crippen LogP contribution in [0.3, 0.4) is 0 Å². The highest BCUT2D eigenvalue weighted by atomic mass is 14.6. The fourth-order valence-corrected chi connectivity index (χ4v) is 2.74. The fraction of sp³-hybridized carbons (Fsp3) is 1.00. The summed E-state index contributed by atoms with van der Waals surface area (Å²) in [7, 11) is 0. The van der Waals surface area contributed by atoms with Gasteiger partial charge in [-0.2, -0.15) is 0 Å². The van der Waals surface area contributed by atoms with Gasteiger partial charge >= 0.3 is 0 Å². The molecule has 2 saturated carbocycles. The van der Waals surface area contributed by atoms with Crippen molar-refractivity contribution in [3.63, 3.8) is 0 Å². The zero-order valence-electron chi connectivity index (χ0n) is 6.55. The van der Waals surface area contributed by atoms with Gasteiger partial charge in [-0.3, -0.25) is 0 Å². The van der Waals surface area contributed by atoms with E-state index < -0.39 is 0 Å². The standard InChI is InChI=1S/C9H17N/c10-9-5-4-7-2-1-3-8(7)6-9/h7-9H,1-6,10H2/t7-,8+,9-/m0/s1. The van der Waals surface area contributed by atoms with Crippen molar-refractivity contribution < 1.29 is 0 Å². The molecule has 3 atom stereocenters. The monoisotopic (exact) mass is 139 g/mol. The first kappa shape index (κ1) is 6.66. The number of hydrogen-bond donors (Lipinski definition) is 1. The minimum atomic E-state index is 0.541. The Labute approximate surface area is 63.0 Å². The lowest BCUT2D eigenvalue weighted by Crippen LogP contribution is -2.30. The van der Waals surface area contributed by atoms with Crippen molar-refractivity contribution in [1.82, 2.24) is 0 Å². The predicted octanol–water partition coefficient (Wildman–Crippen LogP) is 1.91. The Bertz CT molecular complexity index is 122. The van der Waals surface area contributed by atoms with Crippen LogP contribution in [0.1, 0.15) is 38.5 Å². The van der Waals surface area contributed by atoms with E-state index in [1.54, 1.807) is 0 Å². The van der Waals surface area contributed by atoms with E-state index in [4.69, 9.17) is 5.73 Å². The summed E-state index contributed by atoms with van der Waals surface area (Å²) in [4.78, 5) is 0. The smallest absolute Gasteiger partial charge is 0.00416 e. The molecule has 0 bridgehead atoms. The highest BCUT2D eigenvalue weighted by Crippen LogP contribution is 2.41. The van der Waals surface area contributed by atoms with Crippen molar-refractivity contribution in [1.29, 1.82) is 0 Å². The molecular weight excluding hydrogens is 122 g/mol. The van der Waals surface area contributed by atoms with E-state index in [1.165, 1.54) is 38.5 Å². The largest absolute Gasteiger partial charge is 0.328 e. The van der Waals surface area contributed by atoms with E-state index >= 15 is 0 Å². The minimum Gasteiger partial charge on any atom is -0.328 e. The van der Waals surface area contributed by atoms with E-state index in [9.17, 15) is 0 Å². The number of fused-ring (bicyclic) bond motifs is 1. The first-order valence-corrected chi connectivity index (χ1v) is 4.62. The van der Waals surface area contributed by atoms with Gasteiger partial charge in [-0.25, -0.2) is 0 Å². The third-order valence-corrected chi connectivity index (χ3v) is 3.33. The highest BCUT2D eigenvalue weighted by Gasteiger charge is 2.32. The quantitative estimate of drug-likeness (QED) is 0.545. The molecule has 0 aliphatic heterocycles. The first-order valence-electron chi connectivity index (χ1n) is 4.62. The molecule has 1 heteroatoms. The summed E-state index contributed by atoms with van der Waals surface area (Å²) < 4.78 is 0. The van der Waals surface area contributed by atoms with Gasteiger partial charge in [0, 0.05) is 6.04 Å². The van der Waals surface area contributed by atoms with Gasteiger partial charge in [-0.1, -0.05) is 19.3 Å². The Morgan fingerprint density at radius 3 is 2.60 bits per heavy atom. The van der Waals surface area contributed by atoms with Crippen LogP contribution >= 0.6 is 0 Å². The summed E-state index contributed by atoms with van der Waals surface area (Å²) in [5.41, 5.74) is 5.89. The number of rotatable bonds is 0. The molecule has 0 heterocycles. The van der Waals surface area contributed by atoms with Crippen molar-refractivity contribution in [3.05, 3.63) is 0 Å². The highest BCUT2D eigenvalue weighted by molar-refractivity contribution is 4.85. The Kier molecular flexibility index (Phi) is 1.69. The molecule has 0 aromatic rings. The Hall–Kier alpha value is -0.0400. The van der Waals surface area contributed by atoms with Crippen LogP contribution in [-0.2, 0) is 0 Å². The van der Waals surface area contributed by atoms with Crippen LogP contribution in [-0.4, -0.2) is 6.04 Å². The number of nitrogens with two attached hydrogens (primary N) is 1. The third kappa shape index (κ3) is 1.07. The van der Waals surface area contributed by atoms with Gasteiger partial charge in [-0.15, -0.1) is 0 Å². The second-order valence-electron chi connectivity index (χ2n) is 4.02. The molecule has 58 valence electrons. The second-order valence-corrected chi connectivity index (χ2v) is 4.02.